The molecule has 1 heterocycles. The quantitative estimate of drug-likeness (QED) is 0.576. The van der Waals surface area contributed by atoms with Crippen molar-refractivity contribution in [1.82, 2.24) is 9.78 Å². The summed E-state index contributed by atoms with van der Waals surface area (Å²) in [4.78, 5) is 24.5. The van der Waals surface area contributed by atoms with Crippen LogP contribution in [0.4, 0.5) is 5.69 Å². The summed E-state index contributed by atoms with van der Waals surface area (Å²) in [5, 5.41) is 7.78. The van der Waals surface area contributed by atoms with Gasteiger partial charge in [-0.25, -0.2) is 0 Å². The predicted molar refractivity (Wildman–Crippen MR) is 111 cm³/mol. The number of carbonyl (C=O) groups excluding carboxylic acids is 1. The number of hydrogen-bond donors (Lipinski definition) is 1. The fraction of sp³-hybridized carbons (Fsp3) is 0.0870. The zero-order chi connectivity index (χ0) is 19.3. The third kappa shape index (κ3) is 3.69. The first kappa shape index (κ1) is 17.7. The third-order valence-electron chi connectivity index (χ3n) is 4.60. The number of para-hydroxylation sites is 2. The lowest BCUT2D eigenvalue weighted by atomic mass is 10.0. The lowest BCUT2D eigenvalue weighted by Gasteiger charge is -2.12. The van der Waals surface area contributed by atoms with Crippen molar-refractivity contribution in [3.63, 3.8) is 0 Å². The Morgan fingerprint density at radius 3 is 2.46 bits per heavy atom. The van der Waals surface area contributed by atoms with E-state index in [0.717, 1.165) is 22.3 Å². The number of rotatable bonds is 5. The average molecular weight is 369 g/mol. The molecule has 138 valence electrons. The van der Waals surface area contributed by atoms with Crippen LogP contribution in [-0.4, -0.2) is 15.7 Å². The topological polar surface area (TPSA) is 64.0 Å². The number of hydrogen-bond acceptors (Lipinski definition) is 3. The van der Waals surface area contributed by atoms with Gasteiger partial charge in [0, 0.05) is 23.1 Å². The molecule has 3 aromatic carbocycles. The van der Waals surface area contributed by atoms with Gasteiger partial charge in [0.25, 0.3) is 0 Å². The van der Waals surface area contributed by atoms with E-state index in [2.05, 4.69) is 10.4 Å². The number of aryl methyl sites for hydroxylation is 1. The van der Waals surface area contributed by atoms with Crippen LogP contribution < -0.4 is 10.7 Å². The van der Waals surface area contributed by atoms with E-state index in [1.54, 1.807) is 10.7 Å². The highest BCUT2D eigenvalue weighted by Gasteiger charge is 2.10. The monoisotopic (exact) mass is 369 g/mol. The van der Waals surface area contributed by atoms with Crippen molar-refractivity contribution in [2.45, 2.75) is 13.0 Å². The zero-order valence-corrected chi connectivity index (χ0v) is 15.2. The molecular formula is C23H19N3O2. The van der Waals surface area contributed by atoms with E-state index < -0.39 is 0 Å². The molecule has 0 saturated carbocycles. The van der Waals surface area contributed by atoms with Crippen LogP contribution in [0.2, 0.25) is 0 Å². The van der Waals surface area contributed by atoms with Gasteiger partial charge in [-0.2, -0.15) is 5.10 Å². The van der Waals surface area contributed by atoms with Crippen LogP contribution >= 0.6 is 0 Å². The molecule has 5 heteroatoms. The first-order chi connectivity index (χ1) is 13.7. The molecule has 4 aromatic rings. The third-order valence-corrected chi connectivity index (χ3v) is 4.60. The van der Waals surface area contributed by atoms with Gasteiger partial charge in [0.15, 0.2) is 0 Å². The first-order valence-electron chi connectivity index (χ1n) is 9.11. The van der Waals surface area contributed by atoms with Gasteiger partial charge in [-0.3, -0.25) is 14.3 Å². The largest absolute Gasteiger partial charge is 0.325 e. The Morgan fingerprint density at radius 1 is 0.893 bits per heavy atom. The van der Waals surface area contributed by atoms with E-state index in [1.165, 1.54) is 6.20 Å². The molecule has 1 aromatic heterocycles. The van der Waals surface area contributed by atoms with Crippen LogP contribution in [0.5, 0.6) is 0 Å². The van der Waals surface area contributed by atoms with Crippen molar-refractivity contribution in [3.8, 4) is 11.1 Å². The summed E-state index contributed by atoms with van der Waals surface area (Å²) in [7, 11) is 0. The van der Waals surface area contributed by atoms with Crippen LogP contribution in [0.25, 0.3) is 22.0 Å². The van der Waals surface area contributed by atoms with E-state index in [0.29, 0.717) is 11.9 Å². The SMILES string of the molecule is O=C(CCn1ncc(=O)c2ccccc21)Nc1ccccc1-c1ccccc1. The summed E-state index contributed by atoms with van der Waals surface area (Å²) in [5.74, 6) is -0.104. The molecule has 0 saturated heterocycles. The number of anilines is 1. The zero-order valence-electron chi connectivity index (χ0n) is 15.2. The second kappa shape index (κ2) is 7.88. The smallest absolute Gasteiger partial charge is 0.226 e. The molecule has 0 spiro atoms. The molecule has 0 unspecified atom stereocenters. The maximum atomic E-state index is 12.6. The molecule has 0 fully saturated rings. The van der Waals surface area contributed by atoms with Gasteiger partial charge in [-0.1, -0.05) is 60.7 Å². The summed E-state index contributed by atoms with van der Waals surface area (Å²) in [6, 6.07) is 25.0. The Bertz CT molecular complexity index is 1180. The summed E-state index contributed by atoms with van der Waals surface area (Å²) >= 11 is 0. The van der Waals surface area contributed by atoms with Crippen molar-refractivity contribution in [2.75, 3.05) is 5.32 Å². The summed E-state index contributed by atoms with van der Waals surface area (Å²) < 4.78 is 1.69. The number of aromatic nitrogens is 2. The molecule has 0 aliphatic rings. The van der Waals surface area contributed by atoms with Crippen LogP contribution in [0.1, 0.15) is 6.42 Å². The van der Waals surface area contributed by atoms with Crippen molar-refractivity contribution in [3.05, 3.63) is 95.3 Å². The number of nitrogens with one attached hydrogen (secondary N) is 1. The highest BCUT2D eigenvalue weighted by Crippen LogP contribution is 2.27. The van der Waals surface area contributed by atoms with Crippen LogP contribution in [0.15, 0.2) is 89.9 Å². The van der Waals surface area contributed by atoms with E-state index in [9.17, 15) is 9.59 Å². The van der Waals surface area contributed by atoms with Gasteiger partial charge in [-0.15, -0.1) is 0 Å². The maximum absolute atomic E-state index is 12.6. The van der Waals surface area contributed by atoms with E-state index in [1.807, 2.05) is 72.8 Å². The van der Waals surface area contributed by atoms with Gasteiger partial charge < -0.3 is 5.32 Å². The number of carbonyl (C=O) groups is 1. The van der Waals surface area contributed by atoms with Crippen molar-refractivity contribution in [2.24, 2.45) is 0 Å². The Balaban J connectivity index is 1.51. The molecule has 1 N–H and O–H groups in total. The summed E-state index contributed by atoms with van der Waals surface area (Å²) in [6.07, 6.45) is 1.55. The Labute approximate surface area is 162 Å². The standard InChI is InChI=1S/C23H19N3O2/c27-22-16-24-26(21-13-7-5-11-19(21)22)15-14-23(28)25-20-12-6-4-10-18(20)17-8-2-1-3-9-17/h1-13,16H,14-15H2,(H,25,28). The van der Waals surface area contributed by atoms with E-state index >= 15 is 0 Å². The summed E-state index contributed by atoms with van der Waals surface area (Å²) in [5.41, 5.74) is 3.41. The molecule has 0 aliphatic carbocycles. The highest BCUT2D eigenvalue weighted by molar-refractivity contribution is 5.95. The van der Waals surface area contributed by atoms with Gasteiger partial charge in [0.2, 0.25) is 11.3 Å². The predicted octanol–water partition coefficient (Wildman–Crippen LogP) is 4.09. The van der Waals surface area contributed by atoms with Gasteiger partial charge >= 0.3 is 0 Å². The van der Waals surface area contributed by atoms with Crippen molar-refractivity contribution in [1.29, 1.82) is 0 Å². The molecule has 0 radical (unpaired) electrons. The van der Waals surface area contributed by atoms with Gasteiger partial charge in [-0.05, 0) is 23.8 Å². The van der Waals surface area contributed by atoms with E-state index in [4.69, 9.17) is 0 Å². The van der Waals surface area contributed by atoms with Gasteiger partial charge in [0.05, 0.1) is 18.3 Å². The second-order valence-electron chi connectivity index (χ2n) is 6.46. The molecule has 28 heavy (non-hydrogen) atoms. The summed E-state index contributed by atoms with van der Waals surface area (Å²) in [6.45, 7) is 0.389. The fourth-order valence-corrected chi connectivity index (χ4v) is 3.22. The normalized spacial score (nSPS) is 10.7. The fourth-order valence-electron chi connectivity index (χ4n) is 3.22. The van der Waals surface area contributed by atoms with Crippen molar-refractivity contribution >= 4 is 22.5 Å². The number of nitrogens with zero attached hydrogens (tertiary/aromatic N) is 2. The minimum Gasteiger partial charge on any atom is -0.325 e. The van der Waals surface area contributed by atoms with E-state index in [-0.39, 0.29) is 17.8 Å². The lowest BCUT2D eigenvalue weighted by Crippen LogP contribution is -2.18. The van der Waals surface area contributed by atoms with Crippen molar-refractivity contribution < 1.29 is 4.79 Å². The molecule has 0 atom stereocenters. The van der Waals surface area contributed by atoms with Crippen LogP contribution in [-0.2, 0) is 11.3 Å². The molecule has 0 aliphatic heterocycles. The molecule has 1 amide bonds. The minimum absolute atomic E-state index is 0.104. The first-order valence-corrected chi connectivity index (χ1v) is 9.11. The average Bonchev–Trinajstić information content (AvgIpc) is 2.74. The Morgan fingerprint density at radius 2 is 1.61 bits per heavy atom. The number of fused-ring (bicyclic) bond motifs is 1. The number of benzene rings is 3. The van der Waals surface area contributed by atoms with Crippen LogP contribution in [0, 0.1) is 0 Å². The second-order valence-corrected chi connectivity index (χ2v) is 6.46. The molecule has 0 bridgehead atoms. The molecule has 4 rings (SSSR count). The highest BCUT2D eigenvalue weighted by atomic mass is 16.1. The minimum atomic E-state index is -0.118. The lowest BCUT2D eigenvalue weighted by molar-refractivity contribution is -0.116. The molecular weight excluding hydrogens is 350 g/mol. The molecule has 5 nitrogen and oxygen atoms in total. The van der Waals surface area contributed by atoms with Crippen LogP contribution in [0.3, 0.4) is 0 Å². The number of amides is 1. The van der Waals surface area contributed by atoms with Gasteiger partial charge in [0.1, 0.15) is 0 Å². The maximum Gasteiger partial charge on any atom is 0.226 e. The Kier molecular flexibility index (Phi) is 4.97. The Hall–Kier alpha value is -3.73.